The number of hydrogen-bond donors (Lipinski definition) is 0. The van der Waals surface area contributed by atoms with Crippen molar-refractivity contribution in [3.63, 3.8) is 0 Å². The highest BCUT2D eigenvalue weighted by molar-refractivity contribution is 9.10. The lowest BCUT2D eigenvalue weighted by Crippen LogP contribution is -2.20. The Labute approximate surface area is 200 Å². The number of likely N-dealkylation sites (N-methyl/N-ethyl adjacent to an activating group) is 1. The quantitative estimate of drug-likeness (QED) is 0.214. The molecule has 162 valence electrons. The second kappa shape index (κ2) is 10.1. The summed E-state index contributed by atoms with van der Waals surface area (Å²) < 4.78 is 1.02. The van der Waals surface area contributed by atoms with Crippen LogP contribution in [0.2, 0.25) is 0 Å². The first-order valence-electron chi connectivity index (χ1n) is 10.2. The average Bonchev–Trinajstić information content (AvgIpc) is 2.95. The summed E-state index contributed by atoms with van der Waals surface area (Å²) in [6, 6.07) is 21.4. The number of benzodiazepines with no additional fused rings is 1. The lowest BCUT2D eigenvalue weighted by molar-refractivity contribution is -0.384. The SMILES string of the molecule is CN1CCN=C(C=Cc2cc([N+](=O)[O-])ccc2SCc2ccccc2)c2ccc(Br)cc21. The minimum Gasteiger partial charge on any atom is -0.372 e. The van der Waals surface area contributed by atoms with Gasteiger partial charge in [0, 0.05) is 52.1 Å². The summed E-state index contributed by atoms with van der Waals surface area (Å²) in [6.45, 7) is 1.52. The maximum Gasteiger partial charge on any atom is 0.270 e. The van der Waals surface area contributed by atoms with E-state index in [4.69, 9.17) is 4.99 Å². The van der Waals surface area contributed by atoms with Gasteiger partial charge in [-0.1, -0.05) is 52.3 Å². The molecule has 0 bridgehead atoms. The molecule has 0 radical (unpaired) electrons. The number of benzene rings is 3. The predicted octanol–water partition coefficient (Wildman–Crippen LogP) is 6.60. The van der Waals surface area contributed by atoms with E-state index in [0.29, 0.717) is 6.54 Å². The molecule has 5 nitrogen and oxygen atoms in total. The van der Waals surface area contributed by atoms with Crippen LogP contribution in [0, 0.1) is 10.1 Å². The zero-order chi connectivity index (χ0) is 22.5. The zero-order valence-electron chi connectivity index (χ0n) is 17.6. The van der Waals surface area contributed by atoms with Crippen LogP contribution < -0.4 is 4.90 Å². The first kappa shape index (κ1) is 22.3. The van der Waals surface area contributed by atoms with E-state index in [-0.39, 0.29) is 10.6 Å². The molecule has 32 heavy (non-hydrogen) atoms. The normalized spacial score (nSPS) is 13.6. The van der Waals surface area contributed by atoms with Gasteiger partial charge < -0.3 is 4.90 Å². The standard InChI is InChI=1S/C25H22BrN3O2S/c1-28-14-13-27-23(22-10-8-20(26)16-24(22)28)11-7-19-15-21(29(30)31)9-12-25(19)32-17-18-5-3-2-4-6-18/h2-12,15-16H,13-14,17H2,1H3. The number of allylic oxidation sites excluding steroid dienone is 1. The van der Waals surface area contributed by atoms with Crippen molar-refractivity contribution < 1.29 is 4.92 Å². The van der Waals surface area contributed by atoms with E-state index in [2.05, 4.69) is 52.1 Å². The molecule has 1 aliphatic heterocycles. The fraction of sp³-hybridized carbons (Fsp3) is 0.160. The molecule has 4 rings (SSSR count). The number of rotatable bonds is 6. The molecule has 0 aromatic heterocycles. The Kier molecular flexibility index (Phi) is 7.07. The summed E-state index contributed by atoms with van der Waals surface area (Å²) in [6.07, 6.45) is 3.91. The van der Waals surface area contributed by atoms with Crippen molar-refractivity contribution in [3.8, 4) is 0 Å². The number of non-ortho nitro benzene ring substituents is 1. The van der Waals surface area contributed by atoms with Crippen LogP contribution in [0.25, 0.3) is 6.08 Å². The van der Waals surface area contributed by atoms with E-state index < -0.39 is 0 Å². The summed E-state index contributed by atoms with van der Waals surface area (Å²) in [4.78, 5) is 19.0. The summed E-state index contributed by atoms with van der Waals surface area (Å²) in [5.41, 5.74) is 5.15. The number of nitrogens with zero attached hydrogens (tertiary/aromatic N) is 3. The van der Waals surface area contributed by atoms with Gasteiger partial charge in [-0.25, -0.2) is 0 Å². The van der Waals surface area contributed by atoms with Gasteiger partial charge in [-0.3, -0.25) is 15.1 Å². The van der Waals surface area contributed by atoms with Gasteiger partial charge in [0.25, 0.3) is 5.69 Å². The molecular formula is C25H22BrN3O2S. The van der Waals surface area contributed by atoms with Crippen molar-refractivity contribution in [3.05, 3.63) is 104 Å². The smallest absolute Gasteiger partial charge is 0.270 e. The molecule has 1 aliphatic rings. The van der Waals surface area contributed by atoms with Gasteiger partial charge in [-0.15, -0.1) is 11.8 Å². The van der Waals surface area contributed by atoms with Crippen molar-refractivity contribution in [2.24, 2.45) is 4.99 Å². The number of nitro groups is 1. The van der Waals surface area contributed by atoms with Gasteiger partial charge in [-0.05, 0) is 41.5 Å². The number of thioether (sulfide) groups is 1. The number of anilines is 1. The topological polar surface area (TPSA) is 58.7 Å². The molecule has 0 atom stereocenters. The van der Waals surface area contributed by atoms with Gasteiger partial charge in [0.15, 0.2) is 0 Å². The second-order valence-corrected chi connectivity index (χ2v) is 9.37. The fourth-order valence-electron chi connectivity index (χ4n) is 3.52. The molecule has 0 N–H and O–H groups in total. The summed E-state index contributed by atoms with van der Waals surface area (Å²) in [5, 5.41) is 11.4. The molecular weight excluding hydrogens is 486 g/mol. The molecule has 0 unspecified atom stereocenters. The van der Waals surface area contributed by atoms with Crippen molar-refractivity contribution in [1.82, 2.24) is 0 Å². The number of aliphatic imine (C=N–C) groups is 1. The molecule has 0 fully saturated rings. The van der Waals surface area contributed by atoms with Crippen LogP contribution in [0.15, 0.2) is 87.2 Å². The van der Waals surface area contributed by atoms with Gasteiger partial charge in [0.1, 0.15) is 0 Å². The van der Waals surface area contributed by atoms with E-state index in [9.17, 15) is 10.1 Å². The lowest BCUT2D eigenvalue weighted by Gasteiger charge is -2.19. The average molecular weight is 508 g/mol. The third kappa shape index (κ3) is 5.29. The molecule has 0 saturated carbocycles. The van der Waals surface area contributed by atoms with Crippen molar-refractivity contribution >= 4 is 50.9 Å². The first-order valence-corrected chi connectivity index (χ1v) is 12.0. The third-order valence-corrected chi connectivity index (χ3v) is 6.88. The van der Waals surface area contributed by atoms with Crippen molar-refractivity contribution in [2.45, 2.75) is 10.6 Å². The molecule has 3 aromatic carbocycles. The van der Waals surface area contributed by atoms with E-state index in [0.717, 1.165) is 44.2 Å². The third-order valence-electron chi connectivity index (χ3n) is 5.23. The summed E-state index contributed by atoms with van der Waals surface area (Å²) in [7, 11) is 2.06. The monoisotopic (exact) mass is 507 g/mol. The van der Waals surface area contributed by atoms with Crippen molar-refractivity contribution in [2.75, 3.05) is 25.0 Å². The molecule has 0 spiro atoms. The van der Waals surface area contributed by atoms with Crippen LogP contribution >= 0.6 is 27.7 Å². The van der Waals surface area contributed by atoms with Crippen molar-refractivity contribution in [1.29, 1.82) is 0 Å². The molecule has 7 heteroatoms. The Morgan fingerprint density at radius 1 is 1.12 bits per heavy atom. The fourth-order valence-corrected chi connectivity index (χ4v) is 4.84. The Balaban J connectivity index is 1.66. The Morgan fingerprint density at radius 2 is 1.94 bits per heavy atom. The van der Waals surface area contributed by atoms with Crippen LogP contribution in [-0.2, 0) is 5.75 Å². The minimum atomic E-state index is -0.353. The highest BCUT2D eigenvalue weighted by Gasteiger charge is 2.16. The van der Waals surface area contributed by atoms with Crippen LogP contribution in [0.3, 0.4) is 0 Å². The number of fused-ring (bicyclic) bond motifs is 1. The highest BCUT2D eigenvalue weighted by atomic mass is 79.9. The van der Waals surface area contributed by atoms with Crippen LogP contribution in [0.1, 0.15) is 16.7 Å². The van der Waals surface area contributed by atoms with Crippen LogP contribution in [0.4, 0.5) is 11.4 Å². The molecule has 0 saturated heterocycles. The summed E-state index contributed by atoms with van der Waals surface area (Å²) >= 11 is 5.23. The zero-order valence-corrected chi connectivity index (χ0v) is 20.0. The molecule has 3 aromatic rings. The number of hydrogen-bond acceptors (Lipinski definition) is 5. The number of halogens is 1. The maximum atomic E-state index is 11.4. The second-order valence-electron chi connectivity index (χ2n) is 7.44. The van der Waals surface area contributed by atoms with Gasteiger partial charge in [0.2, 0.25) is 0 Å². The molecule has 1 heterocycles. The predicted molar refractivity (Wildman–Crippen MR) is 137 cm³/mol. The van der Waals surface area contributed by atoms with Crippen LogP contribution in [-0.4, -0.2) is 30.8 Å². The number of nitro benzene ring substituents is 1. The van der Waals surface area contributed by atoms with Gasteiger partial charge >= 0.3 is 0 Å². The van der Waals surface area contributed by atoms with Gasteiger partial charge in [0.05, 0.1) is 17.2 Å². The highest BCUT2D eigenvalue weighted by Crippen LogP contribution is 2.31. The molecule has 0 aliphatic carbocycles. The Bertz CT molecular complexity index is 1200. The van der Waals surface area contributed by atoms with E-state index >= 15 is 0 Å². The van der Waals surface area contributed by atoms with Crippen LogP contribution in [0.5, 0.6) is 0 Å². The maximum absolute atomic E-state index is 11.4. The van der Waals surface area contributed by atoms with E-state index in [1.165, 1.54) is 5.56 Å². The first-order chi connectivity index (χ1) is 15.5. The minimum absolute atomic E-state index is 0.0839. The van der Waals surface area contributed by atoms with E-state index in [1.807, 2.05) is 42.5 Å². The van der Waals surface area contributed by atoms with Gasteiger partial charge in [-0.2, -0.15) is 0 Å². The lowest BCUT2D eigenvalue weighted by atomic mass is 10.1. The summed E-state index contributed by atoms with van der Waals surface area (Å²) in [5.74, 6) is 0.794. The Hall–Kier alpha value is -2.90. The van der Waals surface area contributed by atoms with E-state index in [1.54, 1.807) is 23.9 Å². The Morgan fingerprint density at radius 3 is 2.72 bits per heavy atom. The largest absolute Gasteiger partial charge is 0.372 e. The molecule has 0 amide bonds.